The molecule has 0 radical (unpaired) electrons. The Kier molecular flexibility index (Phi) is 3.76. The van der Waals surface area contributed by atoms with Crippen molar-refractivity contribution in [3.8, 4) is 0 Å². The Morgan fingerprint density at radius 1 is 1.25 bits per heavy atom. The summed E-state index contributed by atoms with van der Waals surface area (Å²) in [5.41, 5.74) is -2.17. The summed E-state index contributed by atoms with van der Waals surface area (Å²) < 4.78 is 4.73. The highest BCUT2D eigenvalue weighted by molar-refractivity contribution is 5.88. The Balaban J connectivity index is 2.28. The number of fused-ring (bicyclic) bond motifs is 1. The second kappa shape index (κ2) is 4.85. The highest BCUT2D eigenvalue weighted by atomic mass is 16.5. The third-order valence-electron chi connectivity index (χ3n) is 5.81. The monoisotopic (exact) mass is 282 g/mol. The topological polar surface area (TPSA) is 66.8 Å². The van der Waals surface area contributed by atoms with Crippen molar-refractivity contribution in [2.75, 3.05) is 7.11 Å². The number of esters is 1. The number of methoxy groups -OCH3 is 1. The normalized spacial score (nSPS) is 44.5. The zero-order valence-electron chi connectivity index (χ0n) is 12.7. The average Bonchev–Trinajstić information content (AvgIpc) is 2.39. The number of hydrogen-bond acceptors (Lipinski definition) is 4. The number of aliphatic hydroxyl groups is 2. The number of hydrogen-bond donors (Lipinski definition) is 2. The summed E-state index contributed by atoms with van der Waals surface area (Å²) in [6.07, 6.45) is 4.41. The first-order valence-corrected chi connectivity index (χ1v) is 7.39. The van der Waals surface area contributed by atoms with Gasteiger partial charge in [-0.1, -0.05) is 13.5 Å². The molecule has 0 aromatic rings. The van der Waals surface area contributed by atoms with Gasteiger partial charge in [0.15, 0.2) is 0 Å². The van der Waals surface area contributed by atoms with Crippen LogP contribution in [0.3, 0.4) is 0 Å². The van der Waals surface area contributed by atoms with Crippen LogP contribution in [0.15, 0.2) is 12.2 Å². The summed E-state index contributed by atoms with van der Waals surface area (Å²) in [6.45, 7) is 7.59. The first-order chi connectivity index (χ1) is 9.17. The lowest BCUT2D eigenvalue weighted by Gasteiger charge is -2.60. The summed E-state index contributed by atoms with van der Waals surface area (Å²) in [5.74, 6) is -0.539. The van der Waals surface area contributed by atoms with Gasteiger partial charge in [-0.2, -0.15) is 0 Å². The Bertz CT molecular complexity index is 428. The first kappa shape index (κ1) is 15.5. The molecule has 0 aliphatic heterocycles. The Hall–Kier alpha value is -0.870. The van der Waals surface area contributed by atoms with Crippen molar-refractivity contribution in [2.45, 2.75) is 63.6 Å². The smallest absolute Gasteiger partial charge is 0.333 e. The quantitative estimate of drug-likeness (QED) is 0.602. The van der Waals surface area contributed by atoms with Gasteiger partial charge < -0.3 is 14.9 Å². The van der Waals surface area contributed by atoms with E-state index in [1.54, 1.807) is 6.92 Å². The lowest BCUT2D eigenvalue weighted by molar-refractivity contribution is -0.249. The molecule has 2 aliphatic carbocycles. The van der Waals surface area contributed by atoms with E-state index in [0.717, 1.165) is 25.7 Å². The molecule has 4 atom stereocenters. The zero-order chi connectivity index (χ0) is 15.2. The van der Waals surface area contributed by atoms with Crippen molar-refractivity contribution in [2.24, 2.45) is 11.3 Å². The van der Waals surface area contributed by atoms with Crippen molar-refractivity contribution < 1.29 is 19.7 Å². The van der Waals surface area contributed by atoms with E-state index in [1.165, 1.54) is 7.11 Å². The van der Waals surface area contributed by atoms with Crippen molar-refractivity contribution in [3.05, 3.63) is 12.2 Å². The van der Waals surface area contributed by atoms with E-state index in [0.29, 0.717) is 18.4 Å². The summed E-state index contributed by atoms with van der Waals surface area (Å²) in [6, 6.07) is 0. The van der Waals surface area contributed by atoms with Gasteiger partial charge in [-0.25, -0.2) is 4.79 Å². The lowest BCUT2D eigenvalue weighted by Crippen LogP contribution is -2.66. The van der Waals surface area contributed by atoms with Crippen LogP contribution in [0, 0.1) is 11.3 Å². The molecule has 2 rings (SSSR count). The van der Waals surface area contributed by atoms with E-state index < -0.39 is 17.2 Å². The van der Waals surface area contributed by atoms with E-state index in [1.807, 2.05) is 0 Å². The van der Waals surface area contributed by atoms with Crippen LogP contribution < -0.4 is 0 Å². The number of carbonyl (C=O) groups is 1. The molecule has 4 nitrogen and oxygen atoms in total. The maximum Gasteiger partial charge on any atom is 0.333 e. The molecule has 0 amide bonds. The number of rotatable bonds is 2. The van der Waals surface area contributed by atoms with Gasteiger partial charge in [0, 0.05) is 5.57 Å². The molecule has 0 aromatic heterocycles. The highest BCUT2D eigenvalue weighted by Gasteiger charge is 2.62. The number of ether oxygens (including phenoxy) is 1. The van der Waals surface area contributed by atoms with E-state index in [4.69, 9.17) is 4.74 Å². The highest BCUT2D eigenvalue weighted by Crippen LogP contribution is 2.58. The largest absolute Gasteiger partial charge is 0.466 e. The predicted octanol–water partition coefficient (Wildman–Crippen LogP) is 2.19. The molecule has 2 unspecified atom stereocenters. The van der Waals surface area contributed by atoms with Crippen LogP contribution in [0.5, 0.6) is 0 Å². The summed E-state index contributed by atoms with van der Waals surface area (Å²) >= 11 is 0. The van der Waals surface area contributed by atoms with E-state index in [2.05, 4.69) is 13.5 Å². The molecule has 2 aliphatic rings. The maximum absolute atomic E-state index is 11.7. The SMILES string of the molecule is C=C(C(=O)OC)[C@@H]1CC[C@@]2(C)CCCC(C)(O)C2(O)C1. The molecule has 2 saturated carbocycles. The molecule has 4 heteroatoms. The van der Waals surface area contributed by atoms with Gasteiger partial charge in [0.2, 0.25) is 0 Å². The van der Waals surface area contributed by atoms with Crippen LogP contribution in [-0.2, 0) is 9.53 Å². The third-order valence-corrected chi connectivity index (χ3v) is 5.81. The fourth-order valence-electron chi connectivity index (χ4n) is 4.23. The van der Waals surface area contributed by atoms with E-state index >= 15 is 0 Å². The molecular formula is C16H26O4. The minimum absolute atomic E-state index is 0.120. The summed E-state index contributed by atoms with van der Waals surface area (Å²) in [4.78, 5) is 11.7. The van der Waals surface area contributed by atoms with Crippen LogP contribution in [0.4, 0.5) is 0 Å². The average molecular weight is 282 g/mol. The fourth-order valence-corrected chi connectivity index (χ4v) is 4.23. The minimum atomic E-state index is -1.17. The second-order valence-electron chi connectivity index (χ2n) is 7.00. The van der Waals surface area contributed by atoms with Crippen LogP contribution in [0.1, 0.15) is 52.4 Å². The fraction of sp³-hybridized carbons (Fsp3) is 0.812. The minimum Gasteiger partial charge on any atom is -0.466 e. The molecule has 0 heterocycles. The standard InChI is InChI=1S/C16H26O4/c1-11(13(17)20-4)12-6-9-14(2)7-5-8-15(3,18)16(14,19)10-12/h12,18-19H,1,5-10H2,2-4H3/t12-,14-,15?,16?/m1/s1. The van der Waals surface area contributed by atoms with Crippen LogP contribution >= 0.6 is 0 Å². The van der Waals surface area contributed by atoms with Gasteiger partial charge in [0.25, 0.3) is 0 Å². The van der Waals surface area contributed by atoms with Crippen LogP contribution in [0.25, 0.3) is 0 Å². The Morgan fingerprint density at radius 3 is 2.50 bits per heavy atom. The second-order valence-corrected chi connectivity index (χ2v) is 7.00. The molecule has 2 N–H and O–H groups in total. The van der Waals surface area contributed by atoms with Crippen LogP contribution in [-0.4, -0.2) is 34.5 Å². The molecule has 114 valence electrons. The molecule has 0 aromatic carbocycles. The van der Waals surface area contributed by atoms with Crippen molar-refractivity contribution in [1.82, 2.24) is 0 Å². The van der Waals surface area contributed by atoms with E-state index in [9.17, 15) is 15.0 Å². The Morgan fingerprint density at radius 2 is 1.90 bits per heavy atom. The zero-order valence-corrected chi connectivity index (χ0v) is 12.7. The predicted molar refractivity (Wildman–Crippen MR) is 76.0 cm³/mol. The third kappa shape index (κ3) is 2.09. The van der Waals surface area contributed by atoms with Crippen LogP contribution in [0.2, 0.25) is 0 Å². The van der Waals surface area contributed by atoms with Gasteiger partial charge in [0.05, 0.1) is 18.3 Å². The molecule has 0 bridgehead atoms. The first-order valence-electron chi connectivity index (χ1n) is 7.39. The van der Waals surface area contributed by atoms with Crippen molar-refractivity contribution in [1.29, 1.82) is 0 Å². The van der Waals surface area contributed by atoms with Gasteiger partial charge >= 0.3 is 5.97 Å². The number of carbonyl (C=O) groups excluding carboxylic acids is 1. The molecule has 0 spiro atoms. The summed E-state index contributed by atoms with van der Waals surface area (Å²) in [5, 5.41) is 21.9. The lowest BCUT2D eigenvalue weighted by atomic mass is 9.50. The van der Waals surface area contributed by atoms with Crippen molar-refractivity contribution >= 4 is 5.97 Å². The van der Waals surface area contributed by atoms with Gasteiger partial charge in [-0.3, -0.25) is 0 Å². The molecular weight excluding hydrogens is 256 g/mol. The van der Waals surface area contributed by atoms with Gasteiger partial charge in [-0.05, 0) is 56.8 Å². The van der Waals surface area contributed by atoms with Gasteiger partial charge in [-0.15, -0.1) is 0 Å². The Labute approximate surface area is 120 Å². The van der Waals surface area contributed by atoms with E-state index in [-0.39, 0.29) is 11.3 Å². The molecule has 20 heavy (non-hydrogen) atoms. The maximum atomic E-state index is 11.7. The van der Waals surface area contributed by atoms with Crippen molar-refractivity contribution in [3.63, 3.8) is 0 Å². The molecule has 0 saturated heterocycles. The molecule has 2 fully saturated rings. The van der Waals surface area contributed by atoms with Gasteiger partial charge in [0.1, 0.15) is 0 Å². The summed E-state index contributed by atoms with van der Waals surface area (Å²) in [7, 11) is 1.34.